The zero-order valence-corrected chi connectivity index (χ0v) is 19.6. The number of benzene rings is 1. The molecule has 1 heterocycles. The lowest BCUT2D eigenvalue weighted by molar-refractivity contribution is -0.156. The second-order valence-electron chi connectivity index (χ2n) is 10.6. The van der Waals surface area contributed by atoms with Crippen LogP contribution in [0.2, 0.25) is 0 Å². The lowest BCUT2D eigenvalue weighted by Crippen LogP contribution is -2.36. The van der Waals surface area contributed by atoms with E-state index in [1.807, 2.05) is 25.1 Å². The fourth-order valence-electron chi connectivity index (χ4n) is 6.32. The molecular weight excluding hydrogens is 415 g/mol. The number of hydrogen-bond donors (Lipinski definition) is 1. The van der Waals surface area contributed by atoms with Gasteiger partial charge in [-0.2, -0.15) is 0 Å². The van der Waals surface area contributed by atoms with Gasteiger partial charge < -0.3 is 9.84 Å². The van der Waals surface area contributed by atoms with Crippen LogP contribution in [0.3, 0.4) is 0 Å². The van der Waals surface area contributed by atoms with E-state index in [4.69, 9.17) is 4.74 Å². The lowest BCUT2D eigenvalue weighted by atomic mass is 9.56. The largest absolute Gasteiger partial charge is 0.458 e. The third-order valence-corrected chi connectivity index (χ3v) is 8.31. The van der Waals surface area contributed by atoms with Crippen LogP contribution in [-0.2, 0) is 9.53 Å². The molecule has 2 atom stereocenters. The summed E-state index contributed by atoms with van der Waals surface area (Å²) >= 11 is 0. The molecule has 1 aromatic rings. The van der Waals surface area contributed by atoms with Gasteiger partial charge in [-0.05, 0) is 90.8 Å². The van der Waals surface area contributed by atoms with E-state index in [1.54, 1.807) is 11.6 Å². The lowest BCUT2D eigenvalue weighted by Gasteiger charge is -2.48. The van der Waals surface area contributed by atoms with Crippen LogP contribution < -0.4 is 0 Å². The molecule has 176 valence electrons. The van der Waals surface area contributed by atoms with Gasteiger partial charge in [0.25, 0.3) is 0 Å². The molecule has 1 aromatic carbocycles. The summed E-state index contributed by atoms with van der Waals surface area (Å²) in [6, 6.07) is 5.45. The third-order valence-electron chi connectivity index (χ3n) is 8.31. The standard InChI is InChI=1S/C29H35FO3/c1-19-14-21(8-11-27(19)30)25-15-22(20-6-3-2-4-7-20)18-29(12-5-13-29)26(25)10-9-24-16-23(31)17-28(32)33-24/h8-11,14-15,20,23-24,31H,2-7,12-13,16-18H2,1H3. The summed E-state index contributed by atoms with van der Waals surface area (Å²) in [6.07, 6.45) is 17.2. The first-order valence-corrected chi connectivity index (χ1v) is 12.7. The van der Waals surface area contributed by atoms with Crippen LogP contribution in [0.15, 0.2) is 47.6 Å². The Kier molecular flexibility index (Phi) is 6.30. The summed E-state index contributed by atoms with van der Waals surface area (Å²) in [6.45, 7) is 1.82. The minimum atomic E-state index is -0.643. The molecule has 1 aliphatic heterocycles. The Bertz CT molecular complexity index is 1010. The van der Waals surface area contributed by atoms with Crippen LogP contribution >= 0.6 is 0 Å². The molecular formula is C29H35FO3. The second-order valence-corrected chi connectivity index (χ2v) is 10.6. The molecule has 2 saturated carbocycles. The van der Waals surface area contributed by atoms with Crippen LogP contribution in [0.5, 0.6) is 0 Å². The van der Waals surface area contributed by atoms with Crippen molar-refractivity contribution in [2.45, 2.75) is 89.8 Å². The quantitative estimate of drug-likeness (QED) is 0.526. The van der Waals surface area contributed by atoms with Gasteiger partial charge in [-0.25, -0.2) is 4.39 Å². The van der Waals surface area contributed by atoms with Gasteiger partial charge in [-0.3, -0.25) is 4.79 Å². The number of aryl methyl sites for hydroxylation is 1. The Labute approximate surface area is 196 Å². The Morgan fingerprint density at radius 3 is 2.61 bits per heavy atom. The molecule has 33 heavy (non-hydrogen) atoms. The molecule has 0 bridgehead atoms. The highest BCUT2D eigenvalue weighted by Gasteiger charge is 2.44. The molecule has 3 fully saturated rings. The summed E-state index contributed by atoms with van der Waals surface area (Å²) < 4.78 is 19.6. The van der Waals surface area contributed by atoms with Crippen molar-refractivity contribution < 1.29 is 19.0 Å². The minimum absolute atomic E-state index is 0.0740. The van der Waals surface area contributed by atoms with Crippen LogP contribution in [0.25, 0.3) is 5.57 Å². The Morgan fingerprint density at radius 2 is 1.94 bits per heavy atom. The summed E-state index contributed by atoms with van der Waals surface area (Å²) in [5.74, 6) is 0.145. The maximum Gasteiger partial charge on any atom is 0.309 e. The number of aliphatic hydroxyl groups excluding tert-OH is 1. The van der Waals surface area contributed by atoms with Crippen LogP contribution in [-0.4, -0.2) is 23.3 Å². The van der Waals surface area contributed by atoms with E-state index in [0.717, 1.165) is 24.8 Å². The van der Waals surface area contributed by atoms with Crippen molar-refractivity contribution in [3.05, 3.63) is 64.5 Å². The Balaban J connectivity index is 1.58. The molecule has 3 nitrogen and oxygen atoms in total. The molecule has 0 amide bonds. The number of cyclic esters (lactones) is 1. The Morgan fingerprint density at radius 1 is 1.15 bits per heavy atom. The van der Waals surface area contributed by atoms with Crippen LogP contribution in [0.4, 0.5) is 4.39 Å². The first-order valence-electron chi connectivity index (χ1n) is 12.7. The van der Waals surface area contributed by atoms with Gasteiger partial charge in [0.1, 0.15) is 11.9 Å². The molecule has 4 heteroatoms. The van der Waals surface area contributed by atoms with E-state index in [1.165, 1.54) is 49.7 Å². The van der Waals surface area contributed by atoms with E-state index < -0.39 is 12.2 Å². The minimum Gasteiger partial charge on any atom is -0.458 e. The number of carbonyl (C=O) groups is 1. The fourth-order valence-corrected chi connectivity index (χ4v) is 6.32. The maximum atomic E-state index is 14.1. The first-order chi connectivity index (χ1) is 15.9. The SMILES string of the molecule is Cc1cc(C2=C(C=CC3CC(O)CC(=O)O3)C3(CCC3)CC(C3CCCCC3)=C2)ccc1F. The van der Waals surface area contributed by atoms with Gasteiger partial charge in [0, 0.05) is 6.42 Å². The highest BCUT2D eigenvalue weighted by Crippen LogP contribution is 2.58. The van der Waals surface area contributed by atoms with Gasteiger partial charge in [0.15, 0.2) is 0 Å². The number of rotatable bonds is 4. The summed E-state index contributed by atoms with van der Waals surface area (Å²) in [5.41, 5.74) is 5.90. The number of hydrogen-bond acceptors (Lipinski definition) is 3. The number of allylic oxidation sites excluding steroid dienone is 5. The zero-order chi connectivity index (χ0) is 23.0. The molecule has 1 saturated heterocycles. The summed E-state index contributed by atoms with van der Waals surface area (Å²) in [7, 11) is 0. The number of carbonyl (C=O) groups excluding carboxylic acids is 1. The first kappa shape index (κ1) is 22.6. The van der Waals surface area contributed by atoms with Gasteiger partial charge in [-0.15, -0.1) is 0 Å². The average molecular weight is 451 g/mol. The van der Waals surface area contributed by atoms with E-state index in [2.05, 4.69) is 12.2 Å². The van der Waals surface area contributed by atoms with Crippen molar-refractivity contribution >= 4 is 11.5 Å². The molecule has 3 aliphatic carbocycles. The molecule has 0 radical (unpaired) electrons. The van der Waals surface area contributed by atoms with Crippen LogP contribution in [0.1, 0.15) is 81.8 Å². The van der Waals surface area contributed by atoms with Gasteiger partial charge >= 0.3 is 5.97 Å². The summed E-state index contributed by atoms with van der Waals surface area (Å²) in [5, 5.41) is 10.0. The third kappa shape index (κ3) is 4.59. The van der Waals surface area contributed by atoms with Gasteiger partial charge in [-0.1, -0.05) is 49.5 Å². The van der Waals surface area contributed by atoms with Crippen LogP contribution in [0, 0.1) is 24.1 Å². The normalized spacial score (nSPS) is 28.1. The van der Waals surface area contributed by atoms with Crippen molar-refractivity contribution in [2.75, 3.05) is 0 Å². The maximum absolute atomic E-state index is 14.1. The highest BCUT2D eigenvalue weighted by atomic mass is 19.1. The number of aliphatic hydroxyl groups is 1. The van der Waals surface area contributed by atoms with Crippen molar-refractivity contribution in [1.82, 2.24) is 0 Å². The number of ether oxygens (including phenoxy) is 1. The van der Waals surface area contributed by atoms with Gasteiger partial charge in [0.05, 0.1) is 12.5 Å². The average Bonchev–Trinajstić information content (AvgIpc) is 2.78. The number of esters is 1. The van der Waals surface area contributed by atoms with Gasteiger partial charge in [0.2, 0.25) is 0 Å². The Hall–Kier alpha value is -2.20. The predicted octanol–water partition coefficient (Wildman–Crippen LogP) is 6.59. The molecule has 5 rings (SSSR count). The monoisotopic (exact) mass is 450 g/mol. The summed E-state index contributed by atoms with van der Waals surface area (Å²) in [4.78, 5) is 11.8. The zero-order valence-electron chi connectivity index (χ0n) is 19.6. The molecule has 0 aromatic heterocycles. The van der Waals surface area contributed by atoms with Crippen molar-refractivity contribution in [3.8, 4) is 0 Å². The van der Waals surface area contributed by atoms with E-state index >= 15 is 0 Å². The second kappa shape index (κ2) is 9.21. The van der Waals surface area contributed by atoms with Crippen molar-refractivity contribution in [3.63, 3.8) is 0 Å². The molecule has 1 spiro atoms. The van der Waals surface area contributed by atoms with Crippen molar-refractivity contribution in [1.29, 1.82) is 0 Å². The van der Waals surface area contributed by atoms with E-state index in [-0.39, 0.29) is 23.6 Å². The van der Waals surface area contributed by atoms with Crippen molar-refractivity contribution in [2.24, 2.45) is 11.3 Å². The predicted molar refractivity (Wildman–Crippen MR) is 128 cm³/mol. The molecule has 2 unspecified atom stereocenters. The van der Waals surface area contributed by atoms with E-state index in [9.17, 15) is 14.3 Å². The smallest absolute Gasteiger partial charge is 0.309 e. The number of halogens is 1. The van der Waals surface area contributed by atoms with E-state index in [0.29, 0.717) is 17.9 Å². The fraction of sp³-hybridized carbons (Fsp3) is 0.552. The molecule has 1 N–H and O–H groups in total. The topological polar surface area (TPSA) is 46.5 Å². The molecule has 4 aliphatic rings. The highest BCUT2D eigenvalue weighted by molar-refractivity contribution is 5.82.